The first kappa shape index (κ1) is 31.4. The molecule has 0 radical (unpaired) electrons. The SMILES string of the molecule is Cl.Cl.Cl.[C-]1=CC=CC1.[CH2-]CN(C(C)C)C(C)C.[Ti+2]. The van der Waals surface area contributed by atoms with Crippen LogP contribution in [0.25, 0.3) is 0 Å². The van der Waals surface area contributed by atoms with Crippen molar-refractivity contribution in [2.45, 2.75) is 46.2 Å². The molecule has 5 heteroatoms. The molecule has 0 atom stereocenters. The summed E-state index contributed by atoms with van der Waals surface area (Å²) >= 11 is 0. The normalized spacial score (nSPS) is 10.9. The second kappa shape index (κ2) is 20.3. The fourth-order valence-electron chi connectivity index (χ4n) is 1.45. The Morgan fingerprint density at radius 2 is 1.56 bits per heavy atom. The molecule has 0 unspecified atom stereocenters. The van der Waals surface area contributed by atoms with Crippen LogP contribution in [-0.2, 0) is 21.7 Å². The van der Waals surface area contributed by atoms with E-state index in [1.807, 2.05) is 12.2 Å². The van der Waals surface area contributed by atoms with Gasteiger partial charge in [-0.15, -0.1) is 50.2 Å². The summed E-state index contributed by atoms with van der Waals surface area (Å²) in [5.74, 6) is 0. The summed E-state index contributed by atoms with van der Waals surface area (Å²) in [5, 5.41) is 0. The molecule has 0 saturated carbocycles. The average molecular weight is 351 g/mol. The van der Waals surface area contributed by atoms with Crippen LogP contribution >= 0.6 is 37.2 Å². The molecule has 1 aliphatic rings. The predicted molar refractivity (Wildman–Crippen MR) is 85.6 cm³/mol. The molecule has 0 spiro atoms. The van der Waals surface area contributed by atoms with Crippen LogP contribution in [0.1, 0.15) is 34.1 Å². The van der Waals surface area contributed by atoms with Crippen molar-refractivity contribution < 1.29 is 21.7 Å². The maximum Gasteiger partial charge on any atom is 2.00 e. The van der Waals surface area contributed by atoms with Crippen molar-refractivity contribution in [1.82, 2.24) is 4.90 Å². The Hall–Kier alpha value is 1.02. The zero-order chi connectivity index (χ0) is 11.0. The van der Waals surface area contributed by atoms with E-state index in [2.05, 4.69) is 51.7 Å². The molecular formula is C13H26Cl3NTi. The Kier molecular flexibility index (Phi) is 35.5. The maximum absolute atomic E-state index is 3.85. The number of hydrogen-bond donors (Lipinski definition) is 0. The third-order valence-electron chi connectivity index (χ3n) is 2.17. The summed E-state index contributed by atoms with van der Waals surface area (Å²) < 4.78 is 0. The van der Waals surface area contributed by atoms with Gasteiger partial charge in [0.25, 0.3) is 0 Å². The Bertz CT molecular complexity index is 177. The summed E-state index contributed by atoms with van der Waals surface area (Å²) in [6.45, 7) is 13.6. The topological polar surface area (TPSA) is 3.24 Å². The van der Waals surface area contributed by atoms with Crippen LogP contribution in [0.2, 0.25) is 0 Å². The number of nitrogens with zero attached hydrogens (tertiary/aromatic N) is 1. The van der Waals surface area contributed by atoms with E-state index in [4.69, 9.17) is 0 Å². The standard InChI is InChI=1S/C8H18N.C5H5.3ClH.Ti/c1-6-9(7(2)3)8(4)5;1-2-4-5-3-1;;;;/h7-8H,1,6H2,2-5H3;1-3H,4H2;3*1H;/q2*-1;;;;+2. The molecule has 0 amide bonds. The minimum Gasteiger partial charge on any atom is -0.330 e. The van der Waals surface area contributed by atoms with Crippen LogP contribution in [0.3, 0.4) is 0 Å². The monoisotopic (exact) mass is 349 g/mol. The van der Waals surface area contributed by atoms with Crippen LogP contribution in [0, 0.1) is 13.0 Å². The van der Waals surface area contributed by atoms with Gasteiger partial charge in [-0.2, -0.15) is 6.08 Å². The minimum absolute atomic E-state index is 0. The second-order valence-corrected chi connectivity index (χ2v) is 3.93. The molecule has 0 heterocycles. The van der Waals surface area contributed by atoms with E-state index >= 15 is 0 Å². The fourth-order valence-corrected chi connectivity index (χ4v) is 1.45. The van der Waals surface area contributed by atoms with E-state index in [0.29, 0.717) is 12.1 Å². The molecule has 1 nitrogen and oxygen atoms in total. The largest absolute Gasteiger partial charge is 2.00 e. The Morgan fingerprint density at radius 1 is 1.11 bits per heavy atom. The molecule has 0 N–H and O–H groups in total. The molecule has 0 aromatic rings. The van der Waals surface area contributed by atoms with Crippen LogP contribution in [0.4, 0.5) is 0 Å². The van der Waals surface area contributed by atoms with Crippen molar-refractivity contribution in [2.75, 3.05) is 6.54 Å². The smallest absolute Gasteiger partial charge is 0.330 e. The molecule has 0 aromatic heterocycles. The van der Waals surface area contributed by atoms with Crippen molar-refractivity contribution in [3.8, 4) is 0 Å². The van der Waals surface area contributed by atoms with Gasteiger partial charge in [0.05, 0.1) is 0 Å². The average Bonchev–Trinajstić information content (AvgIpc) is 2.59. The molecule has 0 aliphatic heterocycles. The molecule has 0 saturated heterocycles. The predicted octanol–water partition coefficient (Wildman–Crippen LogP) is 4.51. The Labute approximate surface area is 147 Å². The summed E-state index contributed by atoms with van der Waals surface area (Å²) in [6, 6.07) is 1.25. The Morgan fingerprint density at radius 3 is 1.61 bits per heavy atom. The zero-order valence-electron chi connectivity index (χ0n) is 11.7. The molecule has 108 valence electrons. The van der Waals surface area contributed by atoms with Gasteiger partial charge >= 0.3 is 21.7 Å². The molecular weight excluding hydrogens is 324 g/mol. The summed E-state index contributed by atoms with van der Waals surface area (Å²) in [5.41, 5.74) is 0. The molecule has 0 bridgehead atoms. The van der Waals surface area contributed by atoms with E-state index in [0.717, 1.165) is 13.0 Å². The van der Waals surface area contributed by atoms with Crippen LogP contribution in [-0.4, -0.2) is 23.5 Å². The number of allylic oxidation sites excluding steroid dienone is 4. The molecule has 0 aromatic carbocycles. The van der Waals surface area contributed by atoms with E-state index in [1.165, 1.54) is 0 Å². The van der Waals surface area contributed by atoms with Gasteiger partial charge in [-0.05, 0) is 27.7 Å². The molecule has 18 heavy (non-hydrogen) atoms. The third-order valence-corrected chi connectivity index (χ3v) is 2.17. The van der Waals surface area contributed by atoms with Crippen molar-refractivity contribution in [3.05, 3.63) is 31.2 Å². The van der Waals surface area contributed by atoms with Gasteiger partial charge in [0, 0.05) is 12.1 Å². The van der Waals surface area contributed by atoms with Gasteiger partial charge in [-0.25, -0.2) is 12.2 Å². The Balaban J connectivity index is -0.0000000552. The quantitative estimate of drug-likeness (QED) is 0.535. The molecule has 0 fully saturated rings. The van der Waals surface area contributed by atoms with Crippen LogP contribution < -0.4 is 0 Å². The summed E-state index contributed by atoms with van der Waals surface area (Å²) in [4.78, 5) is 2.35. The number of rotatable bonds is 3. The first-order valence-corrected chi connectivity index (χ1v) is 5.36. The van der Waals surface area contributed by atoms with Gasteiger partial charge in [-0.3, -0.25) is 6.08 Å². The number of hydrogen-bond acceptors (Lipinski definition) is 1. The van der Waals surface area contributed by atoms with E-state index in [-0.39, 0.29) is 58.9 Å². The molecule has 1 aliphatic carbocycles. The van der Waals surface area contributed by atoms with Gasteiger partial charge in [0.2, 0.25) is 0 Å². The van der Waals surface area contributed by atoms with Gasteiger partial charge in [0.15, 0.2) is 0 Å². The van der Waals surface area contributed by atoms with Gasteiger partial charge in [-0.1, -0.05) is 0 Å². The van der Waals surface area contributed by atoms with E-state index < -0.39 is 0 Å². The van der Waals surface area contributed by atoms with E-state index in [9.17, 15) is 0 Å². The maximum atomic E-state index is 3.85. The van der Waals surface area contributed by atoms with Gasteiger partial charge < -0.3 is 11.8 Å². The summed E-state index contributed by atoms with van der Waals surface area (Å²) in [6.07, 6.45) is 10.0. The summed E-state index contributed by atoms with van der Waals surface area (Å²) in [7, 11) is 0. The number of halogens is 3. The third kappa shape index (κ3) is 17.0. The van der Waals surface area contributed by atoms with Gasteiger partial charge in [0.1, 0.15) is 0 Å². The van der Waals surface area contributed by atoms with Crippen LogP contribution in [0.15, 0.2) is 18.2 Å². The second-order valence-electron chi connectivity index (χ2n) is 3.93. The van der Waals surface area contributed by atoms with E-state index in [1.54, 1.807) is 0 Å². The fraction of sp³-hybridized carbons (Fsp3) is 0.615. The first-order valence-electron chi connectivity index (χ1n) is 5.36. The first-order chi connectivity index (χ1) is 6.59. The van der Waals surface area contributed by atoms with Crippen molar-refractivity contribution in [2.24, 2.45) is 0 Å². The minimum atomic E-state index is 0. The van der Waals surface area contributed by atoms with Crippen molar-refractivity contribution >= 4 is 37.2 Å². The van der Waals surface area contributed by atoms with Crippen molar-refractivity contribution in [3.63, 3.8) is 0 Å². The molecule has 1 rings (SSSR count). The zero-order valence-corrected chi connectivity index (χ0v) is 15.7. The van der Waals surface area contributed by atoms with Crippen molar-refractivity contribution in [1.29, 1.82) is 0 Å². The van der Waals surface area contributed by atoms with Crippen LogP contribution in [0.5, 0.6) is 0 Å².